The van der Waals surface area contributed by atoms with Gasteiger partial charge in [-0.1, -0.05) is 117 Å². The van der Waals surface area contributed by atoms with Gasteiger partial charge in [-0.15, -0.1) is 0 Å². The van der Waals surface area contributed by atoms with Crippen LogP contribution in [0.15, 0.2) is 71.2 Å². The smallest absolute Gasteiger partial charge is 0.0702 e. The van der Waals surface area contributed by atoms with Crippen LogP contribution in [0.25, 0.3) is 0 Å². The number of para-hydroxylation sites is 2. The molecule has 3 heteroatoms. The van der Waals surface area contributed by atoms with Gasteiger partial charge in [0.2, 0.25) is 0 Å². The van der Waals surface area contributed by atoms with Crippen molar-refractivity contribution in [2.45, 2.75) is 99.8 Å². The van der Waals surface area contributed by atoms with Crippen molar-refractivity contribution < 1.29 is 17.1 Å². The van der Waals surface area contributed by atoms with Gasteiger partial charge in [0.15, 0.2) is 0 Å². The Morgan fingerprint density at radius 3 is 1.00 bits per heavy atom. The fourth-order valence-corrected chi connectivity index (χ4v) is 3.78. The van der Waals surface area contributed by atoms with Crippen molar-refractivity contribution in [3.8, 4) is 0 Å². The van der Waals surface area contributed by atoms with Gasteiger partial charge < -0.3 is 0 Å². The van der Waals surface area contributed by atoms with Crippen LogP contribution in [-0.4, -0.2) is 11.4 Å². The van der Waals surface area contributed by atoms with Crippen LogP contribution < -0.4 is 0 Å². The van der Waals surface area contributed by atoms with E-state index in [1.54, 1.807) is 6.08 Å². The van der Waals surface area contributed by atoms with Gasteiger partial charge in [-0.25, -0.2) is 0 Å². The van der Waals surface area contributed by atoms with Crippen molar-refractivity contribution in [1.29, 1.82) is 0 Å². The SMILES string of the molecule is C=CC(=C)C.CC(=Nc1c(C(C)C)cccc1C(C)C)C(C)=Nc1c(C(C)C)cccc1C(C)C.[Fe]. The maximum atomic E-state index is 5.13. The maximum Gasteiger partial charge on any atom is 0.0702 e. The van der Waals surface area contributed by atoms with Crippen LogP contribution in [-0.2, 0) is 17.1 Å². The quantitative estimate of drug-likeness (QED) is 0.185. The molecule has 2 aromatic carbocycles. The zero-order chi connectivity index (χ0) is 26.9. The summed E-state index contributed by atoms with van der Waals surface area (Å²) in [4.78, 5) is 10.3. The molecule has 0 aromatic heterocycles. The number of nitrogens with zero attached hydrogens (tertiary/aromatic N) is 2. The first-order valence-electron chi connectivity index (χ1n) is 13.0. The molecule has 0 spiro atoms. The molecule has 198 valence electrons. The normalized spacial score (nSPS) is 12.0. The Bertz CT molecular complexity index is 939. The molecular weight excluding hydrogens is 480 g/mol. The molecule has 2 nitrogen and oxygen atoms in total. The van der Waals surface area contributed by atoms with E-state index in [9.17, 15) is 0 Å². The minimum absolute atomic E-state index is 0. The maximum absolute atomic E-state index is 5.13. The second kappa shape index (κ2) is 15.8. The van der Waals surface area contributed by atoms with Crippen LogP contribution in [0.4, 0.5) is 11.4 Å². The Hall–Kier alpha value is -2.22. The number of allylic oxidation sites excluding steroid dienone is 2. The molecule has 0 aliphatic rings. The fraction of sp³-hybridized carbons (Fsp3) is 0.455. The van der Waals surface area contributed by atoms with Crippen LogP contribution in [0.3, 0.4) is 0 Å². The summed E-state index contributed by atoms with van der Waals surface area (Å²) in [5, 5.41) is 0. The van der Waals surface area contributed by atoms with Gasteiger partial charge in [-0.3, -0.25) is 9.98 Å². The third kappa shape index (κ3) is 9.68. The Labute approximate surface area is 232 Å². The van der Waals surface area contributed by atoms with Crippen LogP contribution in [0.1, 0.15) is 122 Å². The van der Waals surface area contributed by atoms with E-state index in [0.29, 0.717) is 23.7 Å². The summed E-state index contributed by atoms with van der Waals surface area (Å²) in [7, 11) is 0. The molecular formula is C33H48FeN2. The van der Waals surface area contributed by atoms with Crippen molar-refractivity contribution in [2.24, 2.45) is 9.98 Å². The van der Waals surface area contributed by atoms with Gasteiger partial charge in [0.25, 0.3) is 0 Å². The van der Waals surface area contributed by atoms with E-state index in [1.807, 2.05) is 6.92 Å². The third-order valence-corrected chi connectivity index (χ3v) is 6.12. The number of benzene rings is 2. The van der Waals surface area contributed by atoms with Gasteiger partial charge in [0, 0.05) is 17.1 Å². The van der Waals surface area contributed by atoms with Gasteiger partial charge in [0.05, 0.1) is 22.8 Å². The van der Waals surface area contributed by atoms with E-state index in [0.717, 1.165) is 28.4 Å². The van der Waals surface area contributed by atoms with Gasteiger partial charge >= 0.3 is 0 Å². The summed E-state index contributed by atoms with van der Waals surface area (Å²) in [5.74, 6) is 1.73. The van der Waals surface area contributed by atoms with E-state index in [-0.39, 0.29) is 17.1 Å². The summed E-state index contributed by atoms with van der Waals surface area (Å²) < 4.78 is 0. The van der Waals surface area contributed by atoms with Crippen molar-refractivity contribution in [3.05, 3.63) is 83.5 Å². The zero-order valence-corrected chi connectivity index (χ0v) is 25.6. The van der Waals surface area contributed by atoms with E-state index in [4.69, 9.17) is 9.98 Å². The number of hydrogen-bond donors (Lipinski definition) is 0. The molecule has 0 radical (unpaired) electrons. The summed E-state index contributed by atoms with van der Waals surface area (Å²) >= 11 is 0. The molecule has 0 unspecified atom stereocenters. The van der Waals surface area contributed by atoms with Crippen LogP contribution in [0, 0.1) is 0 Å². The van der Waals surface area contributed by atoms with Crippen LogP contribution in [0.2, 0.25) is 0 Å². The number of aliphatic imine (C=N–C) groups is 2. The summed E-state index contributed by atoms with van der Waals surface area (Å²) in [6.45, 7) is 31.0. The van der Waals surface area contributed by atoms with Crippen molar-refractivity contribution in [2.75, 3.05) is 0 Å². The minimum atomic E-state index is 0. The molecule has 0 N–H and O–H groups in total. The molecule has 0 heterocycles. The molecule has 2 aromatic rings. The molecule has 36 heavy (non-hydrogen) atoms. The number of rotatable bonds is 8. The molecule has 0 saturated carbocycles. The second-order valence-electron chi connectivity index (χ2n) is 10.6. The van der Waals surface area contributed by atoms with Gasteiger partial charge in [0.1, 0.15) is 0 Å². The number of hydrogen-bond acceptors (Lipinski definition) is 2. The topological polar surface area (TPSA) is 24.7 Å². The summed E-state index contributed by atoms with van der Waals surface area (Å²) in [6, 6.07) is 13.2. The minimum Gasteiger partial charge on any atom is -0.251 e. The molecule has 0 bridgehead atoms. The van der Waals surface area contributed by atoms with Crippen molar-refractivity contribution in [1.82, 2.24) is 0 Å². The average Bonchev–Trinajstić information content (AvgIpc) is 2.78. The summed E-state index contributed by atoms with van der Waals surface area (Å²) in [5.41, 5.74) is 10.4. The van der Waals surface area contributed by atoms with Crippen LogP contribution in [0.5, 0.6) is 0 Å². The standard InChI is InChI=1S/C28H40N2.C5H8.Fe/c1-17(2)23-13-11-14-24(18(3)4)27(23)29-21(9)22(10)30-28-25(19(5)6)15-12-16-26(28)20(7)8;1-4-5(2)3;/h11-20H,1-10H3;4H,1-2H2,3H3;. The Kier molecular flexibility index (Phi) is 14.8. The van der Waals surface area contributed by atoms with Gasteiger partial charge in [-0.2, -0.15) is 0 Å². The van der Waals surface area contributed by atoms with Crippen molar-refractivity contribution >= 4 is 22.8 Å². The molecule has 0 fully saturated rings. The zero-order valence-electron chi connectivity index (χ0n) is 24.5. The second-order valence-corrected chi connectivity index (χ2v) is 10.6. The summed E-state index contributed by atoms with van der Waals surface area (Å²) in [6.07, 6.45) is 1.72. The molecule has 0 saturated heterocycles. The predicted octanol–water partition coefficient (Wildman–Crippen LogP) is 10.8. The molecule has 0 aliphatic carbocycles. The third-order valence-electron chi connectivity index (χ3n) is 6.12. The first-order chi connectivity index (χ1) is 16.3. The van der Waals surface area contributed by atoms with Gasteiger partial charge in [-0.05, 0) is 66.7 Å². The van der Waals surface area contributed by atoms with E-state index >= 15 is 0 Å². The molecule has 0 atom stereocenters. The van der Waals surface area contributed by atoms with E-state index in [1.165, 1.54) is 22.3 Å². The Morgan fingerprint density at radius 1 is 0.611 bits per heavy atom. The monoisotopic (exact) mass is 528 g/mol. The first-order valence-corrected chi connectivity index (χ1v) is 13.0. The first kappa shape index (κ1) is 33.8. The van der Waals surface area contributed by atoms with Crippen LogP contribution >= 0.6 is 0 Å². The Balaban J connectivity index is 0.00000185. The Morgan fingerprint density at radius 2 is 0.833 bits per heavy atom. The van der Waals surface area contributed by atoms with E-state index in [2.05, 4.69) is 119 Å². The fourth-order valence-electron chi connectivity index (χ4n) is 3.78. The predicted molar refractivity (Wildman–Crippen MR) is 160 cm³/mol. The molecule has 0 amide bonds. The van der Waals surface area contributed by atoms with E-state index < -0.39 is 0 Å². The largest absolute Gasteiger partial charge is 0.251 e. The average molecular weight is 529 g/mol. The van der Waals surface area contributed by atoms with Crippen molar-refractivity contribution in [3.63, 3.8) is 0 Å². The molecule has 2 rings (SSSR count). The molecule has 0 aliphatic heterocycles.